The van der Waals surface area contributed by atoms with E-state index in [1.54, 1.807) is 6.92 Å². The molecule has 10 heteroatoms. The lowest BCUT2D eigenvalue weighted by molar-refractivity contribution is -0.137. The normalized spacial score (nSPS) is 28.5. The predicted molar refractivity (Wildman–Crippen MR) is 107 cm³/mol. The number of halogens is 3. The average molecular weight is 437 g/mol. The van der Waals surface area contributed by atoms with Gasteiger partial charge in [-0.2, -0.15) is 0 Å². The number of hydrogen-bond donors (Lipinski definition) is 2. The van der Waals surface area contributed by atoms with Crippen molar-refractivity contribution in [2.75, 3.05) is 0 Å². The smallest absolute Gasteiger partial charge is 0.320 e. The second kappa shape index (κ2) is 6.77. The fraction of sp³-hybridized carbons (Fsp3) is 0.263. The number of nitrogens with two attached hydrogens (primary N) is 1. The van der Waals surface area contributed by atoms with Crippen molar-refractivity contribution in [2.45, 2.75) is 23.6 Å². The monoisotopic (exact) mass is 436 g/mol. The minimum Gasteiger partial charge on any atom is -0.480 e. The maximum absolute atomic E-state index is 14.7. The highest BCUT2D eigenvalue weighted by Crippen LogP contribution is 2.66. The van der Waals surface area contributed by atoms with E-state index in [-0.39, 0.29) is 21.6 Å². The predicted octanol–water partition coefficient (Wildman–Crippen LogP) is 3.86. The second-order valence-electron chi connectivity index (χ2n) is 7.11. The van der Waals surface area contributed by atoms with Crippen LogP contribution in [0, 0.1) is 11.7 Å². The van der Waals surface area contributed by atoms with E-state index in [0.29, 0.717) is 12.0 Å². The summed E-state index contributed by atoms with van der Waals surface area (Å²) in [5.74, 6) is -2.66. The standard InChI is InChI=1S/C19H15ClF2N4O2S/c1-18(14-6-19(14,16(27)28)29-17(23)26-18)10-4-9(2-3-11(10)21)5-12(22)13-7-25-15(20)8-24-13/h2-5,7-8,14H,6H2,1H3,(H2,23,26)(H,27,28). The summed E-state index contributed by atoms with van der Waals surface area (Å²) >= 11 is 6.65. The Morgan fingerprint density at radius 3 is 2.83 bits per heavy atom. The molecular formula is C19H15ClF2N4O2S. The first-order valence-corrected chi connectivity index (χ1v) is 9.78. The van der Waals surface area contributed by atoms with Crippen LogP contribution in [0.2, 0.25) is 5.15 Å². The molecular weight excluding hydrogens is 422 g/mol. The molecule has 1 aromatic heterocycles. The van der Waals surface area contributed by atoms with Gasteiger partial charge in [-0.25, -0.2) is 18.7 Å². The lowest BCUT2D eigenvalue weighted by atomic mass is 9.85. The van der Waals surface area contributed by atoms with E-state index in [1.165, 1.54) is 36.7 Å². The summed E-state index contributed by atoms with van der Waals surface area (Å²) in [6, 6.07) is 4.06. The zero-order chi connectivity index (χ0) is 21.0. The SMILES string of the molecule is CC1(c2cc(C=C(F)c3cnc(Cl)cn3)ccc2F)N=C(N)SC2(C(=O)O)CC21. The molecule has 0 radical (unpaired) electrons. The van der Waals surface area contributed by atoms with Crippen molar-refractivity contribution < 1.29 is 18.7 Å². The van der Waals surface area contributed by atoms with Gasteiger partial charge in [0.15, 0.2) is 11.0 Å². The number of rotatable bonds is 4. The van der Waals surface area contributed by atoms with Gasteiger partial charge in [0, 0.05) is 11.5 Å². The Morgan fingerprint density at radius 1 is 1.41 bits per heavy atom. The molecule has 1 saturated carbocycles. The summed E-state index contributed by atoms with van der Waals surface area (Å²) in [4.78, 5) is 23.8. The topological polar surface area (TPSA) is 101 Å². The minimum atomic E-state index is -1.17. The molecule has 3 unspecified atom stereocenters. The maximum atomic E-state index is 14.7. The van der Waals surface area contributed by atoms with E-state index in [0.717, 1.165) is 11.8 Å². The molecule has 2 aromatic rings. The van der Waals surface area contributed by atoms with Crippen LogP contribution in [-0.2, 0) is 10.3 Å². The molecule has 0 spiro atoms. The van der Waals surface area contributed by atoms with Gasteiger partial charge in [0.2, 0.25) is 0 Å². The van der Waals surface area contributed by atoms with Crippen molar-refractivity contribution in [1.29, 1.82) is 0 Å². The van der Waals surface area contributed by atoms with Crippen molar-refractivity contribution in [2.24, 2.45) is 16.6 Å². The largest absolute Gasteiger partial charge is 0.480 e. The van der Waals surface area contributed by atoms with E-state index in [1.807, 2.05) is 0 Å². The van der Waals surface area contributed by atoms with Crippen LogP contribution >= 0.6 is 23.4 Å². The molecule has 6 nitrogen and oxygen atoms in total. The highest BCUT2D eigenvalue weighted by Gasteiger charge is 2.71. The Kier molecular flexibility index (Phi) is 4.62. The first-order valence-electron chi connectivity index (χ1n) is 8.58. The molecule has 150 valence electrons. The van der Waals surface area contributed by atoms with E-state index < -0.39 is 33.8 Å². The zero-order valence-corrected chi connectivity index (χ0v) is 16.6. The van der Waals surface area contributed by atoms with Crippen LogP contribution in [0.3, 0.4) is 0 Å². The number of aliphatic imine (C=N–C) groups is 1. The summed E-state index contributed by atoms with van der Waals surface area (Å²) in [6.45, 7) is 1.65. The van der Waals surface area contributed by atoms with Crippen LogP contribution in [0.25, 0.3) is 11.9 Å². The molecule has 0 saturated heterocycles. The van der Waals surface area contributed by atoms with Crippen LogP contribution in [0.1, 0.15) is 30.2 Å². The van der Waals surface area contributed by atoms with Gasteiger partial charge in [-0.3, -0.25) is 9.79 Å². The number of amidine groups is 1. The van der Waals surface area contributed by atoms with Gasteiger partial charge in [-0.1, -0.05) is 29.4 Å². The van der Waals surface area contributed by atoms with Crippen LogP contribution in [0.15, 0.2) is 35.6 Å². The summed E-state index contributed by atoms with van der Waals surface area (Å²) in [6.07, 6.45) is 3.92. The summed E-state index contributed by atoms with van der Waals surface area (Å²) in [7, 11) is 0. The number of nitrogens with zero attached hydrogens (tertiary/aromatic N) is 3. The molecule has 2 aliphatic rings. The molecule has 1 fully saturated rings. The third-order valence-electron chi connectivity index (χ3n) is 5.27. The first kappa shape index (κ1) is 19.8. The Morgan fingerprint density at radius 2 is 2.17 bits per heavy atom. The summed E-state index contributed by atoms with van der Waals surface area (Å²) in [5, 5.41) is 9.84. The molecule has 3 N–H and O–H groups in total. The Labute approximate surface area is 173 Å². The summed E-state index contributed by atoms with van der Waals surface area (Å²) < 4.78 is 28.2. The number of aromatic nitrogens is 2. The number of carboxylic acids is 1. The number of thioether (sulfide) groups is 1. The fourth-order valence-electron chi connectivity index (χ4n) is 3.73. The fourth-order valence-corrected chi connectivity index (χ4v) is 5.15. The first-order chi connectivity index (χ1) is 13.7. The number of benzene rings is 1. The average Bonchev–Trinajstić information content (AvgIpc) is 3.40. The lowest BCUT2D eigenvalue weighted by Gasteiger charge is -2.33. The third-order valence-corrected chi connectivity index (χ3v) is 6.76. The van der Waals surface area contributed by atoms with Crippen LogP contribution in [0.4, 0.5) is 8.78 Å². The number of hydrogen-bond acceptors (Lipinski definition) is 6. The third kappa shape index (κ3) is 3.28. The molecule has 29 heavy (non-hydrogen) atoms. The van der Waals surface area contributed by atoms with Crippen molar-refractivity contribution in [3.8, 4) is 0 Å². The van der Waals surface area contributed by atoms with Crippen LogP contribution in [-0.4, -0.2) is 31.0 Å². The van der Waals surface area contributed by atoms with Crippen molar-refractivity contribution in [3.05, 3.63) is 58.4 Å². The molecule has 3 atom stereocenters. The number of carboxylic acid groups (broad SMARTS) is 1. The van der Waals surface area contributed by atoms with E-state index in [9.17, 15) is 18.7 Å². The Bertz CT molecular complexity index is 1080. The second-order valence-corrected chi connectivity index (χ2v) is 8.85. The zero-order valence-electron chi connectivity index (χ0n) is 15.1. The van der Waals surface area contributed by atoms with E-state index in [4.69, 9.17) is 17.3 Å². The van der Waals surface area contributed by atoms with Gasteiger partial charge in [0.05, 0.1) is 17.9 Å². The molecule has 1 aromatic carbocycles. The maximum Gasteiger partial charge on any atom is 0.320 e. The highest BCUT2D eigenvalue weighted by molar-refractivity contribution is 8.15. The molecule has 1 aliphatic carbocycles. The highest BCUT2D eigenvalue weighted by atomic mass is 35.5. The Balaban J connectivity index is 1.74. The molecule has 2 heterocycles. The van der Waals surface area contributed by atoms with Gasteiger partial charge < -0.3 is 10.8 Å². The van der Waals surface area contributed by atoms with Gasteiger partial charge in [-0.05, 0) is 37.1 Å². The molecule has 0 amide bonds. The van der Waals surface area contributed by atoms with Gasteiger partial charge in [-0.15, -0.1) is 0 Å². The molecule has 1 aliphatic heterocycles. The van der Waals surface area contributed by atoms with Gasteiger partial charge in [0.1, 0.15) is 21.4 Å². The molecule has 4 rings (SSSR count). The lowest BCUT2D eigenvalue weighted by Crippen LogP contribution is -2.39. The number of carbonyl (C=O) groups is 1. The number of fused-ring (bicyclic) bond motifs is 1. The molecule has 0 bridgehead atoms. The number of aliphatic carboxylic acids is 1. The van der Waals surface area contributed by atoms with Crippen molar-refractivity contribution >= 4 is 46.4 Å². The summed E-state index contributed by atoms with van der Waals surface area (Å²) in [5.41, 5.74) is 5.22. The van der Waals surface area contributed by atoms with Crippen molar-refractivity contribution in [3.63, 3.8) is 0 Å². The van der Waals surface area contributed by atoms with Crippen molar-refractivity contribution in [1.82, 2.24) is 9.97 Å². The minimum absolute atomic E-state index is 0.0186. The van der Waals surface area contributed by atoms with Crippen LogP contribution in [0.5, 0.6) is 0 Å². The van der Waals surface area contributed by atoms with E-state index in [2.05, 4.69) is 15.0 Å². The quantitative estimate of drug-likeness (QED) is 0.754. The van der Waals surface area contributed by atoms with Gasteiger partial charge in [0.25, 0.3) is 0 Å². The van der Waals surface area contributed by atoms with Gasteiger partial charge >= 0.3 is 5.97 Å². The Hall–Kier alpha value is -2.52. The van der Waals surface area contributed by atoms with Crippen LogP contribution < -0.4 is 5.73 Å². The van der Waals surface area contributed by atoms with E-state index >= 15 is 0 Å².